The maximum atomic E-state index is 6.15. The first kappa shape index (κ1) is 18.5. The molecule has 120 valence electrons. The highest BCUT2D eigenvalue weighted by atomic mass is 32.2. The molecule has 0 spiro atoms. The van der Waals surface area contributed by atoms with Crippen LogP contribution in [-0.4, -0.2) is 30.3 Å². The fourth-order valence-electron chi connectivity index (χ4n) is 3.00. The van der Waals surface area contributed by atoms with E-state index in [1.165, 1.54) is 23.3 Å². The molecule has 2 nitrogen and oxygen atoms in total. The normalized spacial score (nSPS) is 13.4. The number of nitrogens with zero attached hydrogens (tertiary/aromatic N) is 1. The second kappa shape index (κ2) is 9.50. The van der Waals surface area contributed by atoms with Gasteiger partial charge in [-0.15, -0.1) is 11.8 Å². The van der Waals surface area contributed by atoms with Crippen molar-refractivity contribution in [2.45, 2.75) is 57.5 Å². The Kier molecular flexibility index (Phi) is 8.38. The van der Waals surface area contributed by atoms with Crippen LogP contribution < -0.4 is 5.73 Å². The quantitative estimate of drug-likeness (QED) is 0.678. The summed E-state index contributed by atoms with van der Waals surface area (Å²) in [6.45, 7) is 10.9. The van der Waals surface area contributed by atoms with Gasteiger partial charge in [-0.1, -0.05) is 39.8 Å². The zero-order valence-electron chi connectivity index (χ0n) is 14.3. The molecule has 1 aromatic rings. The molecule has 0 saturated heterocycles. The van der Waals surface area contributed by atoms with Gasteiger partial charge in [-0.25, -0.2) is 0 Å². The molecule has 0 aliphatic heterocycles. The molecule has 1 aromatic carbocycles. The summed E-state index contributed by atoms with van der Waals surface area (Å²) in [4.78, 5) is 3.94. The molecule has 1 unspecified atom stereocenters. The molecule has 0 radical (unpaired) electrons. The van der Waals surface area contributed by atoms with Crippen LogP contribution >= 0.6 is 11.8 Å². The minimum atomic E-state index is 0.327. The third kappa shape index (κ3) is 5.32. The van der Waals surface area contributed by atoms with Crippen LogP contribution in [-0.2, 0) is 0 Å². The van der Waals surface area contributed by atoms with Gasteiger partial charge in [-0.05, 0) is 42.7 Å². The minimum absolute atomic E-state index is 0.327. The summed E-state index contributed by atoms with van der Waals surface area (Å²) < 4.78 is 0. The molecule has 1 rings (SSSR count). The van der Waals surface area contributed by atoms with Crippen LogP contribution in [0.5, 0.6) is 0 Å². The van der Waals surface area contributed by atoms with E-state index in [9.17, 15) is 0 Å². The lowest BCUT2D eigenvalue weighted by Gasteiger charge is -2.38. The van der Waals surface area contributed by atoms with Gasteiger partial charge in [0.25, 0.3) is 0 Å². The average molecular weight is 309 g/mol. The highest BCUT2D eigenvalue weighted by Crippen LogP contribution is 2.27. The van der Waals surface area contributed by atoms with E-state index >= 15 is 0 Å². The Morgan fingerprint density at radius 3 is 2.05 bits per heavy atom. The smallest absolute Gasteiger partial charge is 0.0473 e. The lowest BCUT2D eigenvalue weighted by Crippen LogP contribution is -2.43. The Morgan fingerprint density at radius 2 is 1.67 bits per heavy atom. The van der Waals surface area contributed by atoms with Crippen molar-refractivity contribution in [2.75, 3.05) is 19.3 Å². The van der Waals surface area contributed by atoms with Gasteiger partial charge in [-0.2, -0.15) is 0 Å². The molecule has 1 atom stereocenters. The SMILES string of the molecule is CCC(CC)N(CC(C)C)C(CN)c1ccc(SC)cc1. The van der Waals surface area contributed by atoms with Crippen molar-refractivity contribution in [3.05, 3.63) is 29.8 Å². The molecule has 0 aromatic heterocycles. The molecule has 0 fully saturated rings. The van der Waals surface area contributed by atoms with Crippen LogP contribution in [0.15, 0.2) is 29.2 Å². The molecule has 0 bridgehead atoms. The molecule has 2 N–H and O–H groups in total. The zero-order valence-corrected chi connectivity index (χ0v) is 15.1. The average Bonchev–Trinajstić information content (AvgIpc) is 2.49. The summed E-state index contributed by atoms with van der Waals surface area (Å²) in [5, 5.41) is 0. The molecular weight excluding hydrogens is 276 g/mol. The first-order valence-corrected chi connectivity index (χ1v) is 9.39. The highest BCUT2D eigenvalue weighted by Gasteiger charge is 2.25. The van der Waals surface area contributed by atoms with Gasteiger partial charge in [0.1, 0.15) is 0 Å². The van der Waals surface area contributed by atoms with Crippen molar-refractivity contribution in [2.24, 2.45) is 11.7 Å². The molecule has 0 aliphatic carbocycles. The summed E-state index contributed by atoms with van der Waals surface area (Å²) in [5.41, 5.74) is 7.50. The van der Waals surface area contributed by atoms with E-state index in [1.54, 1.807) is 11.8 Å². The summed E-state index contributed by atoms with van der Waals surface area (Å²) >= 11 is 1.79. The number of hydrogen-bond donors (Lipinski definition) is 1. The Labute approximate surface area is 135 Å². The molecule has 0 amide bonds. The van der Waals surface area contributed by atoms with E-state index in [4.69, 9.17) is 5.73 Å². The van der Waals surface area contributed by atoms with Gasteiger partial charge in [0.05, 0.1) is 0 Å². The van der Waals surface area contributed by atoms with Crippen molar-refractivity contribution in [3.63, 3.8) is 0 Å². The van der Waals surface area contributed by atoms with E-state index in [-0.39, 0.29) is 0 Å². The van der Waals surface area contributed by atoms with Crippen LogP contribution in [0.3, 0.4) is 0 Å². The van der Waals surface area contributed by atoms with E-state index in [0.29, 0.717) is 24.5 Å². The van der Waals surface area contributed by atoms with Gasteiger partial charge in [-0.3, -0.25) is 4.90 Å². The van der Waals surface area contributed by atoms with Crippen LogP contribution in [0.1, 0.15) is 52.1 Å². The van der Waals surface area contributed by atoms with Crippen molar-refractivity contribution < 1.29 is 0 Å². The van der Waals surface area contributed by atoms with Gasteiger partial charge >= 0.3 is 0 Å². The van der Waals surface area contributed by atoms with Crippen molar-refractivity contribution >= 4 is 11.8 Å². The third-order valence-corrected chi connectivity index (χ3v) is 4.86. The minimum Gasteiger partial charge on any atom is -0.329 e. The van der Waals surface area contributed by atoms with E-state index in [1.807, 2.05) is 0 Å². The van der Waals surface area contributed by atoms with Gasteiger partial charge in [0, 0.05) is 30.1 Å². The molecule has 0 aliphatic rings. The first-order chi connectivity index (χ1) is 10.1. The van der Waals surface area contributed by atoms with Crippen LogP contribution in [0, 0.1) is 5.92 Å². The summed E-state index contributed by atoms with van der Waals surface area (Å²) in [6.07, 6.45) is 4.48. The fourth-order valence-corrected chi connectivity index (χ4v) is 3.41. The van der Waals surface area contributed by atoms with E-state index < -0.39 is 0 Å². The van der Waals surface area contributed by atoms with Crippen molar-refractivity contribution in [1.29, 1.82) is 0 Å². The second-order valence-corrected chi connectivity index (χ2v) is 6.97. The first-order valence-electron chi connectivity index (χ1n) is 8.17. The fraction of sp³-hybridized carbons (Fsp3) is 0.667. The molecule has 21 heavy (non-hydrogen) atoms. The largest absolute Gasteiger partial charge is 0.329 e. The standard InChI is InChI=1S/C18H32N2S/c1-6-16(7-2)20(13-14(3)4)18(12-19)15-8-10-17(21-5)11-9-15/h8-11,14,16,18H,6-7,12-13,19H2,1-5H3. The maximum absolute atomic E-state index is 6.15. The lowest BCUT2D eigenvalue weighted by atomic mass is 9.99. The number of hydrogen-bond acceptors (Lipinski definition) is 3. The zero-order chi connectivity index (χ0) is 15.8. The van der Waals surface area contributed by atoms with Crippen molar-refractivity contribution in [3.8, 4) is 0 Å². The summed E-state index contributed by atoms with van der Waals surface area (Å²) in [6, 6.07) is 9.86. The molecule has 0 saturated carbocycles. The van der Waals surface area contributed by atoms with Crippen molar-refractivity contribution in [1.82, 2.24) is 4.90 Å². The topological polar surface area (TPSA) is 29.3 Å². The highest BCUT2D eigenvalue weighted by molar-refractivity contribution is 7.98. The van der Waals surface area contributed by atoms with E-state index in [0.717, 1.165) is 6.54 Å². The number of nitrogens with two attached hydrogens (primary N) is 1. The van der Waals surface area contributed by atoms with Crippen LogP contribution in [0.4, 0.5) is 0 Å². The molecular formula is C18H32N2S. The summed E-state index contributed by atoms with van der Waals surface area (Å²) in [5.74, 6) is 0.658. The molecule has 0 heterocycles. The number of thioether (sulfide) groups is 1. The second-order valence-electron chi connectivity index (χ2n) is 6.09. The molecule has 3 heteroatoms. The Balaban J connectivity index is 3.03. The predicted octanol–water partition coefficient (Wildman–Crippen LogP) is 4.55. The maximum Gasteiger partial charge on any atom is 0.0473 e. The Morgan fingerprint density at radius 1 is 1.10 bits per heavy atom. The van der Waals surface area contributed by atoms with Crippen LogP contribution in [0.2, 0.25) is 0 Å². The van der Waals surface area contributed by atoms with Gasteiger partial charge in [0.15, 0.2) is 0 Å². The number of rotatable bonds is 9. The predicted molar refractivity (Wildman–Crippen MR) is 95.9 cm³/mol. The summed E-state index contributed by atoms with van der Waals surface area (Å²) in [7, 11) is 0. The monoisotopic (exact) mass is 308 g/mol. The number of benzene rings is 1. The van der Waals surface area contributed by atoms with Gasteiger partial charge < -0.3 is 5.73 Å². The lowest BCUT2D eigenvalue weighted by molar-refractivity contribution is 0.112. The van der Waals surface area contributed by atoms with Gasteiger partial charge in [0.2, 0.25) is 0 Å². The third-order valence-electron chi connectivity index (χ3n) is 4.11. The van der Waals surface area contributed by atoms with Crippen LogP contribution in [0.25, 0.3) is 0 Å². The Hall–Kier alpha value is -0.510. The Bertz CT molecular complexity index is 385. The van der Waals surface area contributed by atoms with E-state index in [2.05, 4.69) is 63.1 Å².